The summed E-state index contributed by atoms with van der Waals surface area (Å²) in [6.07, 6.45) is 1.68. The summed E-state index contributed by atoms with van der Waals surface area (Å²) in [6.45, 7) is 0.403. The number of nitrogens with zero attached hydrogens (tertiary/aromatic N) is 6. The molecule has 32 heavy (non-hydrogen) atoms. The summed E-state index contributed by atoms with van der Waals surface area (Å²) in [6, 6.07) is 17.7. The largest absolute Gasteiger partial charge is 0.378 e. The number of imidazole rings is 1. The molecular weight excluding hydrogens is 406 g/mol. The van der Waals surface area contributed by atoms with E-state index in [-0.39, 0.29) is 0 Å². The quantitative estimate of drug-likeness (QED) is 0.373. The second-order valence-electron chi connectivity index (χ2n) is 7.74. The van der Waals surface area contributed by atoms with E-state index >= 15 is 0 Å². The van der Waals surface area contributed by atoms with E-state index in [4.69, 9.17) is 0 Å². The van der Waals surface area contributed by atoms with E-state index in [1.54, 1.807) is 17.8 Å². The van der Waals surface area contributed by atoms with Gasteiger partial charge in [0.25, 0.3) is 5.56 Å². The molecule has 0 saturated heterocycles. The standard InChI is InChI=1S/C23H25N7O2/c1-27(2)18-12-10-16(11-13-18)14-24-26-22-25-20-19(21(31)29(4)23(32)28(20)3)30(22)15-17-8-6-5-7-9-17/h5-14H,15H2,1-4H3,(H,25,26)/b24-14-. The van der Waals surface area contributed by atoms with Gasteiger partial charge >= 0.3 is 5.69 Å². The van der Waals surface area contributed by atoms with Gasteiger partial charge in [-0.1, -0.05) is 42.5 Å². The van der Waals surface area contributed by atoms with E-state index in [1.165, 1.54) is 11.6 Å². The number of hydrazone groups is 1. The first kappa shape index (κ1) is 21.1. The van der Waals surface area contributed by atoms with Gasteiger partial charge in [0.2, 0.25) is 5.95 Å². The van der Waals surface area contributed by atoms with Crippen LogP contribution in [0.5, 0.6) is 0 Å². The number of fused-ring (bicyclic) bond motifs is 1. The predicted octanol–water partition coefficient (Wildman–Crippen LogP) is 1.99. The molecule has 9 heteroatoms. The Kier molecular flexibility index (Phi) is 5.63. The lowest BCUT2D eigenvalue weighted by atomic mass is 10.2. The third kappa shape index (κ3) is 3.92. The summed E-state index contributed by atoms with van der Waals surface area (Å²) in [4.78, 5) is 31.9. The van der Waals surface area contributed by atoms with Crippen LogP contribution in [-0.2, 0) is 20.6 Å². The fourth-order valence-corrected chi connectivity index (χ4v) is 3.47. The molecule has 1 N–H and O–H groups in total. The summed E-state index contributed by atoms with van der Waals surface area (Å²) < 4.78 is 4.21. The van der Waals surface area contributed by atoms with Crippen molar-refractivity contribution in [1.82, 2.24) is 18.7 Å². The highest BCUT2D eigenvalue weighted by Gasteiger charge is 2.19. The number of hydrogen-bond acceptors (Lipinski definition) is 6. The Morgan fingerprint density at radius 1 is 1.00 bits per heavy atom. The van der Waals surface area contributed by atoms with Gasteiger partial charge in [-0.15, -0.1) is 0 Å². The summed E-state index contributed by atoms with van der Waals surface area (Å²) in [5, 5.41) is 4.32. The molecule has 0 bridgehead atoms. The number of benzene rings is 2. The minimum Gasteiger partial charge on any atom is -0.378 e. The van der Waals surface area contributed by atoms with Crippen molar-refractivity contribution in [1.29, 1.82) is 0 Å². The number of aromatic nitrogens is 4. The minimum absolute atomic E-state index is 0.307. The lowest BCUT2D eigenvalue weighted by Crippen LogP contribution is -2.37. The van der Waals surface area contributed by atoms with Crippen LogP contribution < -0.4 is 21.6 Å². The van der Waals surface area contributed by atoms with Crippen LogP contribution in [0.15, 0.2) is 69.3 Å². The Hall–Kier alpha value is -4.14. The zero-order chi connectivity index (χ0) is 22.8. The Bertz CT molecular complexity index is 1400. The van der Waals surface area contributed by atoms with Crippen LogP contribution >= 0.6 is 0 Å². The fraction of sp³-hybridized carbons (Fsp3) is 0.217. The van der Waals surface area contributed by atoms with Gasteiger partial charge in [-0.25, -0.2) is 10.2 Å². The van der Waals surface area contributed by atoms with Gasteiger partial charge in [-0.05, 0) is 23.3 Å². The van der Waals surface area contributed by atoms with Crippen molar-refractivity contribution in [2.75, 3.05) is 24.4 Å². The van der Waals surface area contributed by atoms with Gasteiger partial charge in [0.15, 0.2) is 11.2 Å². The monoisotopic (exact) mass is 431 g/mol. The average molecular weight is 432 g/mol. The van der Waals surface area contributed by atoms with Gasteiger partial charge in [-0.3, -0.25) is 18.5 Å². The highest BCUT2D eigenvalue weighted by atomic mass is 16.2. The summed E-state index contributed by atoms with van der Waals surface area (Å²) in [5.74, 6) is 0.378. The van der Waals surface area contributed by atoms with E-state index < -0.39 is 11.2 Å². The highest BCUT2D eigenvalue weighted by molar-refractivity contribution is 5.81. The molecule has 0 amide bonds. The summed E-state index contributed by atoms with van der Waals surface area (Å²) in [5.41, 5.74) is 5.77. The molecule has 4 rings (SSSR count). The topological polar surface area (TPSA) is 89.5 Å². The average Bonchev–Trinajstić information content (AvgIpc) is 3.15. The van der Waals surface area contributed by atoms with Crippen molar-refractivity contribution in [3.63, 3.8) is 0 Å². The van der Waals surface area contributed by atoms with Gasteiger partial charge < -0.3 is 4.90 Å². The number of anilines is 2. The molecular formula is C23H25N7O2. The van der Waals surface area contributed by atoms with Crippen LogP contribution in [-0.4, -0.2) is 39.0 Å². The lowest BCUT2D eigenvalue weighted by molar-refractivity contribution is 0.702. The third-order valence-electron chi connectivity index (χ3n) is 5.32. The maximum Gasteiger partial charge on any atom is 0.332 e. The van der Waals surface area contributed by atoms with Crippen LogP contribution in [0.4, 0.5) is 11.6 Å². The van der Waals surface area contributed by atoms with Gasteiger partial charge in [0, 0.05) is 33.9 Å². The minimum atomic E-state index is -0.428. The third-order valence-corrected chi connectivity index (χ3v) is 5.32. The number of rotatable bonds is 6. The zero-order valence-corrected chi connectivity index (χ0v) is 18.5. The van der Waals surface area contributed by atoms with Crippen molar-refractivity contribution in [3.05, 3.63) is 86.6 Å². The van der Waals surface area contributed by atoms with Crippen LogP contribution in [0.2, 0.25) is 0 Å². The van der Waals surface area contributed by atoms with Crippen molar-refractivity contribution in [3.8, 4) is 0 Å². The van der Waals surface area contributed by atoms with Crippen LogP contribution in [0.25, 0.3) is 11.2 Å². The molecule has 164 valence electrons. The molecule has 0 aliphatic carbocycles. The van der Waals surface area contributed by atoms with Gasteiger partial charge in [-0.2, -0.15) is 10.1 Å². The number of aryl methyl sites for hydroxylation is 1. The summed E-state index contributed by atoms with van der Waals surface area (Å²) >= 11 is 0. The Morgan fingerprint density at radius 3 is 2.34 bits per heavy atom. The maximum atomic E-state index is 12.9. The molecule has 0 fully saturated rings. The smallest absolute Gasteiger partial charge is 0.332 e. The van der Waals surface area contributed by atoms with E-state index in [9.17, 15) is 9.59 Å². The lowest BCUT2D eigenvalue weighted by Gasteiger charge is -2.11. The normalized spacial score (nSPS) is 11.4. The van der Waals surface area contributed by atoms with Crippen molar-refractivity contribution >= 4 is 29.0 Å². The highest BCUT2D eigenvalue weighted by Crippen LogP contribution is 2.18. The van der Waals surface area contributed by atoms with Gasteiger partial charge in [0.1, 0.15) is 0 Å². The predicted molar refractivity (Wildman–Crippen MR) is 128 cm³/mol. The number of hydrogen-bond donors (Lipinski definition) is 1. The molecule has 2 heterocycles. The Labute approximate surface area is 184 Å². The SMILES string of the molecule is CN(C)c1ccc(/C=N\Nc2nc3c(c(=O)n(C)c(=O)n3C)n2Cc2ccccc2)cc1. The van der Waals surface area contributed by atoms with Gasteiger partial charge in [0.05, 0.1) is 12.8 Å². The molecule has 2 aromatic carbocycles. The Morgan fingerprint density at radius 2 is 1.69 bits per heavy atom. The van der Waals surface area contributed by atoms with Crippen molar-refractivity contribution in [2.24, 2.45) is 19.2 Å². The van der Waals surface area contributed by atoms with E-state index in [2.05, 4.69) is 15.5 Å². The van der Waals surface area contributed by atoms with E-state index in [0.717, 1.165) is 21.4 Å². The molecule has 9 nitrogen and oxygen atoms in total. The molecule has 0 saturated carbocycles. The second kappa shape index (κ2) is 8.54. The van der Waals surface area contributed by atoms with E-state index in [1.807, 2.05) is 73.6 Å². The van der Waals surface area contributed by atoms with Crippen LogP contribution in [0, 0.1) is 0 Å². The van der Waals surface area contributed by atoms with E-state index in [0.29, 0.717) is 23.7 Å². The molecule has 0 aliphatic heterocycles. The van der Waals surface area contributed by atoms with Crippen LogP contribution in [0.1, 0.15) is 11.1 Å². The number of nitrogens with one attached hydrogen (secondary N) is 1. The first-order valence-electron chi connectivity index (χ1n) is 10.1. The molecule has 4 aromatic rings. The summed E-state index contributed by atoms with van der Waals surface area (Å²) in [7, 11) is 7.04. The molecule has 0 radical (unpaired) electrons. The maximum absolute atomic E-state index is 12.9. The molecule has 2 aromatic heterocycles. The molecule has 0 atom stereocenters. The van der Waals surface area contributed by atoms with Crippen molar-refractivity contribution in [2.45, 2.75) is 6.54 Å². The molecule has 0 unspecified atom stereocenters. The molecule has 0 aliphatic rings. The fourth-order valence-electron chi connectivity index (χ4n) is 3.47. The first-order chi connectivity index (χ1) is 15.4. The molecule has 0 spiro atoms. The van der Waals surface area contributed by atoms with Crippen LogP contribution in [0.3, 0.4) is 0 Å². The second-order valence-corrected chi connectivity index (χ2v) is 7.74. The first-order valence-corrected chi connectivity index (χ1v) is 10.1. The van der Waals surface area contributed by atoms with Crippen molar-refractivity contribution < 1.29 is 0 Å². The zero-order valence-electron chi connectivity index (χ0n) is 18.5. The Balaban J connectivity index is 1.75.